The van der Waals surface area contributed by atoms with E-state index in [-0.39, 0.29) is 5.91 Å². The van der Waals surface area contributed by atoms with Gasteiger partial charge < -0.3 is 15.1 Å². The Bertz CT molecular complexity index is 560. The van der Waals surface area contributed by atoms with E-state index in [1.54, 1.807) is 18.0 Å². The zero-order chi connectivity index (χ0) is 13.1. The van der Waals surface area contributed by atoms with Gasteiger partial charge in [0.25, 0.3) is 5.91 Å². The van der Waals surface area contributed by atoms with Gasteiger partial charge in [0, 0.05) is 24.8 Å². The average Bonchev–Trinajstić information content (AvgIpc) is 2.83. The molecule has 1 aromatic heterocycles. The molecule has 2 aromatic rings. The minimum Gasteiger partial charge on any atom is -0.459 e. The summed E-state index contributed by atoms with van der Waals surface area (Å²) in [7, 11) is 1.72. The van der Waals surface area contributed by atoms with Crippen molar-refractivity contribution in [1.82, 2.24) is 0 Å². The summed E-state index contributed by atoms with van der Waals surface area (Å²) in [5.74, 6) is 0.210. The van der Waals surface area contributed by atoms with Crippen molar-refractivity contribution >= 4 is 11.6 Å². The van der Waals surface area contributed by atoms with Crippen LogP contribution in [0.1, 0.15) is 21.7 Å². The number of nitrogens with zero attached hydrogens (tertiary/aromatic N) is 1. The quantitative estimate of drug-likeness (QED) is 0.901. The molecule has 0 unspecified atom stereocenters. The Balaban J connectivity index is 2.28. The summed E-state index contributed by atoms with van der Waals surface area (Å²) in [5, 5.41) is 0. The van der Waals surface area contributed by atoms with Gasteiger partial charge >= 0.3 is 0 Å². The molecule has 0 aliphatic heterocycles. The second kappa shape index (κ2) is 5.06. The van der Waals surface area contributed by atoms with Crippen LogP contribution in [0.4, 0.5) is 5.69 Å². The molecule has 2 rings (SSSR count). The summed E-state index contributed by atoms with van der Waals surface area (Å²) in [4.78, 5) is 13.8. The van der Waals surface area contributed by atoms with Gasteiger partial charge in [-0.3, -0.25) is 4.79 Å². The summed E-state index contributed by atoms with van der Waals surface area (Å²) in [6, 6.07) is 9.36. The Kier molecular flexibility index (Phi) is 3.48. The molecular weight excluding hydrogens is 228 g/mol. The first-order valence-electron chi connectivity index (χ1n) is 5.74. The molecule has 0 spiro atoms. The second-order valence-electron chi connectivity index (χ2n) is 4.17. The highest BCUT2D eigenvalue weighted by molar-refractivity contribution is 6.04. The fourth-order valence-corrected chi connectivity index (χ4v) is 1.75. The Morgan fingerprint density at radius 2 is 2.17 bits per heavy atom. The smallest absolute Gasteiger partial charge is 0.293 e. The Labute approximate surface area is 106 Å². The number of nitrogens with two attached hydrogens (primary N) is 1. The van der Waals surface area contributed by atoms with Crippen molar-refractivity contribution in [3.8, 4) is 0 Å². The summed E-state index contributed by atoms with van der Waals surface area (Å²) < 4.78 is 5.21. The first-order valence-corrected chi connectivity index (χ1v) is 5.74. The molecule has 1 amide bonds. The van der Waals surface area contributed by atoms with Crippen molar-refractivity contribution in [1.29, 1.82) is 0 Å². The Hall–Kier alpha value is -2.07. The van der Waals surface area contributed by atoms with Gasteiger partial charge in [-0.25, -0.2) is 0 Å². The number of carbonyl (C=O) groups is 1. The number of rotatable bonds is 3. The van der Waals surface area contributed by atoms with Crippen LogP contribution in [0.15, 0.2) is 41.0 Å². The highest BCUT2D eigenvalue weighted by Gasteiger charge is 2.18. The molecule has 18 heavy (non-hydrogen) atoms. The monoisotopic (exact) mass is 244 g/mol. The third-order valence-electron chi connectivity index (χ3n) is 2.89. The number of carbonyl (C=O) groups excluding carboxylic acids is 1. The third-order valence-corrected chi connectivity index (χ3v) is 2.89. The van der Waals surface area contributed by atoms with Gasteiger partial charge in [0.05, 0.1) is 6.26 Å². The van der Waals surface area contributed by atoms with Crippen LogP contribution in [0, 0.1) is 6.92 Å². The molecule has 0 aliphatic rings. The van der Waals surface area contributed by atoms with Crippen LogP contribution in [0.2, 0.25) is 0 Å². The maximum Gasteiger partial charge on any atom is 0.293 e. The van der Waals surface area contributed by atoms with E-state index in [2.05, 4.69) is 0 Å². The first kappa shape index (κ1) is 12.4. The van der Waals surface area contributed by atoms with E-state index in [0.717, 1.165) is 16.8 Å². The molecule has 0 aliphatic carbocycles. The first-order chi connectivity index (χ1) is 8.63. The van der Waals surface area contributed by atoms with E-state index in [0.29, 0.717) is 12.3 Å². The summed E-state index contributed by atoms with van der Waals surface area (Å²) in [6.45, 7) is 2.30. The SMILES string of the molecule is Cc1ccoc1C(=O)N(C)c1cccc(CN)c1. The topological polar surface area (TPSA) is 59.5 Å². The van der Waals surface area contributed by atoms with Gasteiger partial charge in [-0.1, -0.05) is 12.1 Å². The molecule has 1 aromatic carbocycles. The molecule has 1 heterocycles. The maximum atomic E-state index is 12.2. The van der Waals surface area contributed by atoms with Gasteiger partial charge in [0.2, 0.25) is 0 Å². The van der Waals surface area contributed by atoms with E-state index in [1.807, 2.05) is 31.2 Å². The summed E-state index contributed by atoms with van der Waals surface area (Å²) in [6.07, 6.45) is 1.52. The number of amides is 1. The second-order valence-corrected chi connectivity index (χ2v) is 4.17. The van der Waals surface area contributed by atoms with Gasteiger partial charge in [-0.15, -0.1) is 0 Å². The van der Waals surface area contributed by atoms with Crippen molar-refractivity contribution in [3.63, 3.8) is 0 Å². The van der Waals surface area contributed by atoms with E-state index < -0.39 is 0 Å². The number of hydrogen-bond acceptors (Lipinski definition) is 3. The molecule has 4 nitrogen and oxygen atoms in total. The number of furan rings is 1. The van der Waals surface area contributed by atoms with Crippen molar-refractivity contribution in [2.45, 2.75) is 13.5 Å². The largest absolute Gasteiger partial charge is 0.459 e. The Morgan fingerprint density at radius 1 is 1.39 bits per heavy atom. The van der Waals surface area contributed by atoms with Crippen LogP contribution in [0.3, 0.4) is 0 Å². The van der Waals surface area contributed by atoms with Crippen LogP contribution in [0.25, 0.3) is 0 Å². The highest BCUT2D eigenvalue weighted by atomic mass is 16.3. The molecule has 0 saturated carbocycles. The predicted molar refractivity (Wildman–Crippen MR) is 70.5 cm³/mol. The van der Waals surface area contributed by atoms with Crippen LogP contribution in [-0.2, 0) is 6.54 Å². The van der Waals surface area contributed by atoms with Gasteiger partial charge in [-0.2, -0.15) is 0 Å². The number of anilines is 1. The van der Waals surface area contributed by atoms with Crippen molar-refractivity contribution in [2.75, 3.05) is 11.9 Å². The minimum atomic E-state index is -0.160. The van der Waals surface area contributed by atoms with E-state index >= 15 is 0 Å². The minimum absolute atomic E-state index is 0.160. The lowest BCUT2D eigenvalue weighted by Crippen LogP contribution is -2.26. The predicted octanol–water partition coefficient (Wildman–Crippen LogP) is 2.32. The molecular formula is C14H16N2O2. The molecule has 0 radical (unpaired) electrons. The van der Waals surface area contributed by atoms with Crippen molar-refractivity contribution in [3.05, 3.63) is 53.5 Å². The fraction of sp³-hybridized carbons (Fsp3) is 0.214. The van der Waals surface area contributed by atoms with Gasteiger partial charge in [0.1, 0.15) is 0 Å². The molecule has 94 valence electrons. The molecule has 0 fully saturated rings. The van der Waals surface area contributed by atoms with Crippen LogP contribution in [-0.4, -0.2) is 13.0 Å². The number of hydrogen-bond donors (Lipinski definition) is 1. The maximum absolute atomic E-state index is 12.2. The molecule has 0 saturated heterocycles. The summed E-state index contributed by atoms with van der Waals surface area (Å²) in [5.41, 5.74) is 8.22. The molecule has 0 bridgehead atoms. The summed E-state index contributed by atoms with van der Waals surface area (Å²) >= 11 is 0. The van der Waals surface area contributed by atoms with Crippen molar-refractivity contribution in [2.24, 2.45) is 5.73 Å². The normalized spacial score (nSPS) is 10.4. The van der Waals surface area contributed by atoms with E-state index in [1.165, 1.54) is 6.26 Å². The zero-order valence-corrected chi connectivity index (χ0v) is 10.5. The van der Waals surface area contributed by atoms with Crippen LogP contribution >= 0.6 is 0 Å². The number of benzene rings is 1. The molecule has 4 heteroatoms. The van der Waals surface area contributed by atoms with Gasteiger partial charge in [-0.05, 0) is 30.7 Å². The fourth-order valence-electron chi connectivity index (χ4n) is 1.75. The van der Waals surface area contributed by atoms with Crippen LogP contribution < -0.4 is 10.6 Å². The lowest BCUT2D eigenvalue weighted by atomic mass is 10.2. The number of aryl methyl sites for hydroxylation is 1. The third kappa shape index (κ3) is 2.28. The van der Waals surface area contributed by atoms with E-state index in [4.69, 9.17) is 10.2 Å². The molecule has 2 N–H and O–H groups in total. The Morgan fingerprint density at radius 3 is 2.78 bits per heavy atom. The van der Waals surface area contributed by atoms with Gasteiger partial charge in [0.15, 0.2) is 5.76 Å². The lowest BCUT2D eigenvalue weighted by molar-refractivity contribution is 0.0965. The zero-order valence-electron chi connectivity index (χ0n) is 10.5. The average molecular weight is 244 g/mol. The highest BCUT2D eigenvalue weighted by Crippen LogP contribution is 2.19. The lowest BCUT2D eigenvalue weighted by Gasteiger charge is -2.17. The molecule has 0 atom stereocenters. The van der Waals surface area contributed by atoms with Crippen LogP contribution in [0.5, 0.6) is 0 Å². The van der Waals surface area contributed by atoms with E-state index in [9.17, 15) is 4.79 Å². The van der Waals surface area contributed by atoms with Crippen molar-refractivity contribution < 1.29 is 9.21 Å². The standard InChI is InChI=1S/C14H16N2O2/c1-10-6-7-18-13(10)14(17)16(2)12-5-3-4-11(8-12)9-15/h3-8H,9,15H2,1-2H3.